The molecule has 5 nitrogen and oxygen atoms in total. The van der Waals surface area contributed by atoms with Crippen molar-refractivity contribution in [3.05, 3.63) is 218 Å². The molecular formula is C62H36N4O. The van der Waals surface area contributed by atoms with Crippen molar-refractivity contribution in [2.45, 2.75) is 0 Å². The Morgan fingerprint density at radius 3 is 1.78 bits per heavy atom. The summed E-state index contributed by atoms with van der Waals surface area (Å²) in [5.41, 5.74) is 12.4. The number of hydrogen-bond donors (Lipinski definition) is 0. The fourth-order valence-electron chi connectivity index (χ4n) is 11.0. The van der Waals surface area contributed by atoms with Crippen LogP contribution < -0.4 is 0 Å². The molecule has 0 bridgehead atoms. The highest BCUT2D eigenvalue weighted by Gasteiger charge is 2.20. The van der Waals surface area contributed by atoms with Crippen molar-refractivity contribution in [3.8, 4) is 34.0 Å². The van der Waals surface area contributed by atoms with E-state index >= 15 is 0 Å². The van der Waals surface area contributed by atoms with Crippen LogP contribution in [0.15, 0.2) is 223 Å². The standard InChI is InChI=1S/C62H36N4O/c1-2-14-38-34-57-51(32-37(38)13-1)45-15-4-8-23-54(45)65(57)42-29-27-39-35-58-52(33-41(39)31-42)46-16-5-9-24-55(46)66(58)56-25-12-19-43-44(56)20-11-21-49(43)62-63-53-22-7-3-18-50(53)61(64-62)40-28-30-48-47-17-6-10-26-59(47)67-60(48)36-40/h1-36H. The van der Waals surface area contributed by atoms with E-state index in [2.05, 4.69) is 209 Å². The van der Waals surface area contributed by atoms with E-state index in [1.165, 1.54) is 54.1 Å². The summed E-state index contributed by atoms with van der Waals surface area (Å²) >= 11 is 0. The third kappa shape index (κ3) is 5.31. The quantitative estimate of drug-likeness (QED) is 0.177. The first-order valence-corrected chi connectivity index (χ1v) is 22.8. The van der Waals surface area contributed by atoms with Crippen molar-refractivity contribution in [1.82, 2.24) is 19.1 Å². The molecule has 310 valence electrons. The molecule has 0 spiro atoms. The first-order chi connectivity index (χ1) is 33.2. The number of furan rings is 1. The first-order valence-electron chi connectivity index (χ1n) is 22.8. The molecule has 0 N–H and O–H groups in total. The number of aromatic nitrogens is 4. The van der Waals surface area contributed by atoms with Gasteiger partial charge in [-0.1, -0.05) is 140 Å². The van der Waals surface area contributed by atoms with Gasteiger partial charge in [0, 0.05) is 59.9 Å². The van der Waals surface area contributed by atoms with E-state index in [1.807, 2.05) is 18.2 Å². The second kappa shape index (κ2) is 13.7. The number of fused-ring (bicyclic) bond motifs is 13. The Balaban J connectivity index is 0.905. The van der Waals surface area contributed by atoms with E-state index in [4.69, 9.17) is 14.4 Å². The lowest BCUT2D eigenvalue weighted by Crippen LogP contribution is -1.98. The number of hydrogen-bond acceptors (Lipinski definition) is 3. The highest BCUT2D eigenvalue weighted by Crippen LogP contribution is 2.42. The Morgan fingerprint density at radius 1 is 0.328 bits per heavy atom. The summed E-state index contributed by atoms with van der Waals surface area (Å²) in [5, 5.41) is 15.2. The van der Waals surface area contributed by atoms with Crippen LogP contribution in [-0.2, 0) is 0 Å². The van der Waals surface area contributed by atoms with Crippen molar-refractivity contribution in [2.24, 2.45) is 0 Å². The molecule has 15 rings (SSSR count). The van der Waals surface area contributed by atoms with Gasteiger partial charge in [0.1, 0.15) is 11.2 Å². The summed E-state index contributed by atoms with van der Waals surface area (Å²) in [6.45, 7) is 0. The molecule has 0 saturated heterocycles. The predicted molar refractivity (Wildman–Crippen MR) is 279 cm³/mol. The van der Waals surface area contributed by atoms with Gasteiger partial charge in [0.2, 0.25) is 0 Å². The van der Waals surface area contributed by atoms with Crippen molar-refractivity contribution in [3.63, 3.8) is 0 Å². The fraction of sp³-hybridized carbons (Fsp3) is 0. The molecule has 15 aromatic rings. The molecule has 0 aliphatic rings. The number of nitrogens with zero attached hydrogens (tertiary/aromatic N) is 4. The zero-order valence-electron chi connectivity index (χ0n) is 36.0. The smallest absolute Gasteiger partial charge is 0.161 e. The predicted octanol–water partition coefficient (Wildman–Crippen LogP) is 16.5. The second-order valence-corrected chi connectivity index (χ2v) is 17.7. The molecule has 4 heterocycles. The summed E-state index contributed by atoms with van der Waals surface area (Å²) < 4.78 is 11.2. The van der Waals surface area contributed by atoms with Crippen LogP contribution in [0.5, 0.6) is 0 Å². The molecule has 0 unspecified atom stereocenters. The van der Waals surface area contributed by atoms with Crippen LogP contribution >= 0.6 is 0 Å². The van der Waals surface area contributed by atoms with Gasteiger partial charge in [-0.3, -0.25) is 0 Å². The van der Waals surface area contributed by atoms with E-state index in [1.54, 1.807) is 0 Å². The van der Waals surface area contributed by atoms with Crippen LogP contribution in [0, 0.1) is 0 Å². The van der Waals surface area contributed by atoms with Crippen LogP contribution in [0.4, 0.5) is 0 Å². The van der Waals surface area contributed by atoms with Crippen molar-refractivity contribution >= 4 is 109 Å². The van der Waals surface area contributed by atoms with Gasteiger partial charge in [0.15, 0.2) is 5.82 Å². The van der Waals surface area contributed by atoms with E-state index in [0.29, 0.717) is 5.82 Å². The maximum absolute atomic E-state index is 6.35. The minimum atomic E-state index is 0.682. The zero-order valence-corrected chi connectivity index (χ0v) is 36.0. The molecule has 0 radical (unpaired) electrons. The molecule has 0 saturated carbocycles. The normalized spacial score (nSPS) is 12.2. The third-order valence-electron chi connectivity index (χ3n) is 14.0. The van der Waals surface area contributed by atoms with E-state index in [0.717, 1.165) is 82.8 Å². The molecule has 11 aromatic carbocycles. The molecule has 0 aliphatic heterocycles. The minimum absolute atomic E-state index is 0.682. The van der Waals surface area contributed by atoms with Gasteiger partial charge in [0.25, 0.3) is 0 Å². The zero-order chi connectivity index (χ0) is 43.7. The van der Waals surface area contributed by atoms with Gasteiger partial charge in [-0.2, -0.15) is 0 Å². The largest absolute Gasteiger partial charge is 0.456 e. The van der Waals surface area contributed by atoms with Gasteiger partial charge >= 0.3 is 0 Å². The second-order valence-electron chi connectivity index (χ2n) is 17.7. The molecular weight excluding hydrogens is 817 g/mol. The molecule has 0 amide bonds. The van der Waals surface area contributed by atoms with Gasteiger partial charge < -0.3 is 13.6 Å². The van der Waals surface area contributed by atoms with Crippen molar-refractivity contribution in [2.75, 3.05) is 0 Å². The lowest BCUT2D eigenvalue weighted by atomic mass is 10.0. The van der Waals surface area contributed by atoms with Crippen LogP contribution in [-0.4, -0.2) is 19.1 Å². The molecule has 4 aromatic heterocycles. The molecule has 0 fully saturated rings. The lowest BCUT2D eigenvalue weighted by molar-refractivity contribution is 0.669. The monoisotopic (exact) mass is 852 g/mol. The van der Waals surface area contributed by atoms with Crippen LogP contribution in [0.3, 0.4) is 0 Å². The maximum Gasteiger partial charge on any atom is 0.161 e. The Labute approximate surface area is 383 Å². The van der Waals surface area contributed by atoms with Crippen LogP contribution in [0.25, 0.3) is 143 Å². The fourth-order valence-corrected chi connectivity index (χ4v) is 11.0. The number of rotatable bonds is 4. The average molecular weight is 853 g/mol. The maximum atomic E-state index is 6.35. The average Bonchev–Trinajstić information content (AvgIpc) is 4.03. The molecule has 0 aliphatic carbocycles. The topological polar surface area (TPSA) is 48.8 Å². The highest BCUT2D eigenvalue weighted by molar-refractivity contribution is 6.17. The van der Waals surface area contributed by atoms with Crippen molar-refractivity contribution in [1.29, 1.82) is 0 Å². The Morgan fingerprint density at radius 2 is 0.940 bits per heavy atom. The summed E-state index contributed by atoms with van der Waals surface area (Å²) in [6.07, 6.45) is 0. The Kier molecular flexibility index (Phi) is 7.44. The van der Waals surface area contributed by atoms with Gasteiger partial charge in [0.05, 0.1) is 39.0 Å². The highest BCUT2D eigenvalue weighted by atomic mass is 16.3. The summed E-state index contributed by atoms with van der Waals surface area (Å²) in [4.78, 5) is 10.6. The lowest BCUT2D eigenvalue weighted by Gasteiger charge is -2.15. The summed E-state index contributed by atoms with van der Waals surface area (Å²) in [5.74, 6) is 0.682. The Hall–Kier alpha value is -9.06. The minimum Gasteiger partial charge on any atom is -0.456 e. The van der Waals surface area contributed by atoms with Gasteiger partial charge in [-0.15, -0.1) is 0 Å². The summed E-state index contributed by atoms with van der Waals surface area (Å²) in [6, 6.07) is 78.6. The van der Waals surface area contributed by atoms with E-state index < -0.39 is 0 Å². The molecule has 67 heavy (non-hydrogen) atoms. The van der Waals surface area contributed by atoms with Crippen LogP contribution in [0.1, 0.15) is 0 Å². The number of para-hydroxylation sites is 4. The SMILES string of the molecule is c1ccc2cc3c(cc2c1)c1ccccc1n3-c1ccc2cc3c(cc2c1)c1ccccc1n3-c1cccc2c(-c3nc(-c4ccc5c(c4)oc4ccccc45)c4ccccc4n3)cccc12. The van der Waals surface area contributed by atoms with Crippen LogP contribution in [0.2, 0.25) is 0 Å². The van der Waals surface area contributed by atoms with Gasteiger partial charge in [-0.25, -0.2) is 9.97 Å². The third-order valence-corrected chi connectivity index (χ3v) is 14.0. The molecule has 5 heteroatoms. The van der Waals surface area contributed by atoms with E-state index in [-0.39, 0.29) is 0 Å². The number of benzene rings is 11. The van der Waals surface area contributed by atoms with Crippen molar-refractivity contribution < 1.29 is 4.42 Å². The summed E-state index contributed by atoms with van der Waals surface area (Å²) in [7, 11) is 0. The first kappa shape index (κ1) is 36.3. The Bertz CT molecular complexity index is 4590. The van der Waals surface area contributed by atoms with E-state index in [9.17, 15) is 0 Å². The molecule has 0 atom stereocenters. The van der Waals surface area contributed by atoms with Gasteiger partial charge in [-0.05, 0) is 106 Å².